The first kappa shape index (κ1) is 9.04. The normalized spacial score (nSPS) is 11.7. The predicted molar refractivity (Wildman–Crippen MR) is 47.3 cm³/mol. The van der Waals surface area contributed by atoms with Gasteiger partial charge in [-0.25, -0.2) is 0 Å². The maximum absolute atomic E-state index is 10.7. The molecule has 0 aliphatic rings. The van der Waals surface area contributed by atoms with Crippen LogP contribution in [0.3, 0.4) is 0 Å². The maximum Gasteiger partial charge on any atom is 0.130 e. The number of hydrogen-bond acceptors (Lipinski definition) is 2. The summed E-state index contributed by atoms with van der Waals surface area (Å²) >= 11 is 0. The van der Waals surface area contributed by atoms with Gasteiger partial charge in [0.25, 0.3) is 0 Å². The SMILES string of the molecule is Cc1cc(C(C)(C)C=O)c(C)o1. The molecule has 0 unspecified atom stereocenters. The van der Waals surface area contributed by atoms with Crippen LogP contribution < -0.4 is 0 Å². The Morgan fingerprint density at radius 3 is 2.33 bits per heavy atom. The van der Waals surface area contributed by atoms with Gasteiger partial charge in [0.1, 0.15) is 17.8 Å². The average molecular weight is 166 g/mol. The van der Waals surface area contributed by atoms with Crippen molar-refractivity contribution in [2.24, 2.45) is 0 Å². The van der Waals surface area contributed by atoms with Crippen LogP contribution in [0.25, 0.3) is 0 Å². The molecule has 1 heterocycles. The molecule has 0 amide bonds. The third kappa shape index (κ3) is 1.42. The quantitative estimate of drug-likeness (QED) is 0.631. The fourth-order valence-electron chi connectivity index (χ4n) is 1.33. The number of carbonyl (C=O) groups is 1. The molecule has 0 saturated heterocycles. The molecular formula is C10H14O2. The van der Waals surface area contributed by atoms with Crippen LogP contribution in [0.15, 0.2) is 10.5 Å². The maximum atomic E-state index is 10.7. The Morgan fingerprint density at radius 2 is 2.00 bits per heavy atom. The number of aryl methyl sites for hydroxylation is 2. The van der Waals surface area contributed by atoms with E-state index in [2.05, 4.69) is 0 Å². The summed E-state index contributed by atoms with van der Waals surface area (Å²) in [6.07, 6.45) is 0.949. The van der Waals surface area contributed by atoms with Gasteiger partial charge in [0.05, 0.1) is 0 Å². The topological polar surface area (TPSA) is 30.2 Å². The van der Waals surface area contributed by atoms with Crippen LogP contribution in [0.5, 0.6) is 0 Å². The van der Waals surface area contributed by atoms with E-state index in [9.17, 15) is 4.79 Å². The third-order valence-corrected chi connectivity index (χ3v) is 2.03. The van der Waals surface area contributed by atoms with Gasteiger partial charge in [-0.15, -0.1) is 0 Å². The van der Waals surface area contributed by atoms with Gasteiger partial charge in [0.2, 0.25) is 0 Å². The van der Waals surface area contributed by atoms with Crippen molar-refractivity contribution in [1.82, 2.24) is 0 Å². The molecule has 1 aromatic rings. The van der Waals surface area contributed by atoms with E-state index in [0.29, 0.717) is 0 Å². The first-order valence-corrected chi connectivity index (χ1v) is 4.01. The van der Waals surface area contributed by atoms with Crippen LogP contribution in [0.2, 0.25) is 0 Å². The summed E-state index contributed by atoms with van der Waals surface area (Å²) in [4.78, 5) is 10.7. The molecule has 0 bridgehead atoms. The van der Waals surface area contributed by atoms with Crippen molar-refractivity contribution in [3.05, 3.63) is 23.2 Å². The summed E-state index contributed by atoms with van der Waals surface area (Å²) in [5.74, 6) is 1.70. The standard InChI is InChI=1S/C10H14O2/c1-7-5-9(8(2)12-7)10(3,4)6-11/h5-6H,1-4H3. The highest BCUT2D eigenvalue weighted by Crippen LogP contribution is 2.26. The van der Waals surface area contributed by atoms with Crippen molar-refractivity contribution in [3.63, 3.8) is 0 Å². The average Bonchev–Trinajstić information content (AvgIpc) is 2.31. The lowest BCUT2D eigenvalue weighted by molar-refractivity contribution is -0.111. The Hall–Kier alpha value is -1.05. The highest BCUT2D eigenvalue weighted by Gasteiger charge is 2.24. The molecule has 0 aliphatic heterocycles. The second-order valence-electron chi connectivity index (χ2n) is 3.67. The van der Waals surface area contributed by atoms with Crippen LogP contribution >= 0.6 is 0 Å². The van der Waals surface area contributed by atoms with Gasteiger partial charge in [-0.1, -0.05) is 0 Å². The molecule has 0 radical (unpaired) electrons. The van der Waals surface area contributed by atoms with E-state index in [-0.39, 0.29) is 0 Å². The minimum Gasteiger partial charge on any atom is -0.466 e. The predicted octanol–water partition coefficient (Wildman–Crippen LogP) is 2.37. The molecule has 0 atom stereocenters. The molecule has 1 rings (SSSR count). The van der Waals surface area contributed by atoms with Gasteiger partial charge >= 0.3 is 0 Å². The zero-order valence-electron chi connectivity index (χ0n) is 7.97. The van der Waals surface area contributed by atoms with Crippen molar-refractivity contribution in [2.75, 3.05) is 0 Å². The highest BCUT2D eigenvalue weighted by atomic mass is 16.3. The highest BCUT2D eigenvalue weighted by molar-refractivity contribution is 5.67. The summed E-state index contributed by atoms with van der Waals surface area (Å²) in [6.45, 7) is 7.54. The number of carbonyl (C=O) groups excluding carboxylic acids is 1. The monoisotopic (exact) mass is 166 g/mol. The Bertz CT molecular complexity index is 295. The van der Waals surface area contributed by atoms with Gasteiger partial charge < -0.3 is 9.21 Å². The lowest BCUT2D eigenvalue weighted by atomic mass is 9.86. The van der Waals surface area contributed by atoms with E-state index in [1.54, 1.807) is 0 Å². The number of rotatable bonds is 2. The van der Waals surface area contributed by atoms with Crippen molar-refractivity contribution >= 4 is 6.29 Å². The fraction of sp³-hybridized carbons (Fsp3) is 0.500. The molecule has 2 nitrogen and oxygen atoms in total. The van der Waals surface area contributed by atoms with Crippen LogP contribution in [-0.2, 0) is 10.2 Å². The van der Waals surface area contributed by atoms with Crippen LogP contribution in [-0.4, -0.2) is 6.29 Å². The van der Waals surface area contributed by atoms with Crippen molar-refractivity contribution in [1.29, 1.82) is 0 Å². The molecule has 0 aliphatic carbocycles. The molecule has 1 aromatic heterocycles. The zero-order valence-corrected chi connectivity index (χ0v) is 7.97. The number of hydrogen-bond donors (Lipinski definition) is 0. The summed E-state index contributed by atoms with van der Waals surface area (Å²) in [5.41, 5.74) is 0.553. The lowest BCUT2D eigenvalue weighted by Crippen LogP contribution is -2.18. The zero-order chi connectivity index (χ0) is 9.35. The Morgan fingerprint density at radius 1 is 1.42 bits per heavy atom. The van der Waals surface area contributed by atoms with Crippen LogP contribution in [0.1, 0.15) is 30.9 Å². The number of aldehydes is 1. The Kier molecular flexibility index (Phi) is 2.09. The van der Waals surface area contributed by atoms with Gasteiger partial charge in [0, 0.05) is 11.0 Å². The molecule has 0 saturated carbocycles. The van der Waals surface area contributed by atoms with E-state index in [4.69, 9.17) is 4.42 Å². The first-order valence-electron chi connectivity index (χ1n) is 4.01. The molecule has 0 aromatic carbocycles. The molecule has 0 spiro atoms. The Labute approximate surface area is 72.6 Å². The van der Waals surface area contributed by atoms with Crippen LogP contribution in [0.4, 0.5) is 0 Å². The summed E-state index contributed by atoms with van der Waals surface area (Å²) in [7, 11) is 0. The van der Waals surface area contributed by atoms with Gasteiger partial charge in [0.15, 0.2) is 0 Å². The summed E-state index contributed by atoms with van der Waals surface area (Å²) < 4.78 is 5.34. The minimum absolute atomic E-state index is 0.429. The van der Waals surface area contributed by atoms with E-state index >= 15 is 0 Å². The molecule has 0 N–H and O–H groups in total. The van der Waals surface area contributed by atoms with Crippen molar-refractivity contribution in [2.45, 2.75) is 33.1 Å². The first-order chi connectivity index (χ1) is 5.47. The lowest BCUT2D eigenvalue weighted by Gasteiger charge is -2.14. The van der Waals surface area contributed by atoms with Gasteiger partial charge in [-0.05, 0) is 33.8 Å². The molecular weight excluding hydrogens is 152 g/mol. The summed E-state index contributed by atoms with van der Waals surface area (Å²) in [6, 6.07) is 1.92. The van der Waals surface area contributed by atoms with Crippen molar-refractivity contribution < 1.29 is 9.21 Å². The Balaban J connectivity index is 3.18. The van der Waals surface area contributed by atoms with E-state index in [1.165, 1.54) is 0 Å². The van der Waals surface area contributed by atoms with Crippen molar-refractivity contribution in [3.8, 4) is 0 Å². The third-order valence-electron chi connectivity index (χ3n) is 2.03. The molecule has 66 valence electrons. The molecule has 12 heavy (non-hydrogen) atoms. The minimum atomic E-state index is -0.429. The van der Waals surface area contributed by atoms with E-state index in [1.807, 2.05) is 33.8 Å². The second kappa shape index (κ2) is 2.77. The van der Waals surface area contributed by atoms with Gasteiger partial charge in [-0.2, -0.15) is 0 Å². The fourth-order valence-corrected chi connectivity index (χ4v) is 1.33. The largest absolute Gasteiger partial charge is 0.466 e. The molecule has 0 fully saturated rings. The second-order valence-corrected chi connectivity index (χ2v) is 3.67. The van der Waals surface area contributed by atoms with E-state index in [0.717, 1.165) is 23.4 Å². The van der Waals surface area contributed by atoms with Gasteiger partial charge in [-0.3, -0.25) is 0 Å². The number of furan rings is 1. The summed E-state index contributed by atoms with van der Waals surface area (Å²) in [5, 5.41) is 0. The van der Waals surface area contributed by atoms with Crippen LogP contribution in [0, 0.1) is 13.8 Å². The smallest absolute Gasteiger partial charge is 0.130 e. The van der Waals surface area contributed by atoms with E-state index < -0.39 is 5.41 Å². The molecule has 2 heteroatoms.